The predicted molar refractivity (Wildman–Crippen MR) is 87.2 cm³/mol. The first-order valence-corrected chi connectivity index (χ1v) is 8.17. The minimum atomic E-state index is -0.311. The van der Waals surface area contributed by atoms with Gasteiger partial charge in [-0.2, -0.15) is 0 Å². The topological polar surface area (TPSA) is 107 Å². The lowest BCUT2D eigenvalue weighted by Crippen LogP contribution is -2.32. The summed E-state index contributed by atoms with van der Waals surface area (Å²) >= 11 is 2.92. The zero-order chi connectivity index (χ0) is 15.2. The van der Waals surface area contributed by atoms with E-state index in [0.717, 1.165) is 6.42 Å². The molecule has 0 spiro atoms. The van der Waals surface area contributed by atoms with Crippen molar-refractivity contribution in [2.24, 2.45) is 0 Å². The van der Waals surface area contributed by atoms with Gasteiger partial charge in [0.15, 0.2) is 5.16 Å². The number of rotatable bonds is 6. The summed E-state index contributed by atoms with van der Waals surface area (Å²) in [5.74, 6) is 0.548. The largest absolute Gasteiger partial charge is 0.383 e. The molecular formula is C13H17N5OS2. The van der Waals surface area contributed by atoms with Crippen molar-refractivity contribution in [1.82, 2.24) is 15.3 Å². The molecule has 5 N–H and O–H groups in total. The molecule has 0 aliphatic heterocycles. The van der Waals surface area contributed by atoms with Crippen LogP contribution < -0.4 is 16.8 Å². The lowest BCUT2D eigenvalue weighted by molar-refractivity contribution is -0.120. The van der Waals surface area contributed by atoms with Crippen molar-refractivity contribution in [3.05, 3.63) is 28.5 Å². The average Bonchev–Trinajstić information content (AvgIpc) is 2.90. The van der Waals surface area contributed by atoms with Gasteiger partial charge in [-0.3, -0.25) is 4.79 Å². The first kappa shape index (κ1) is 15.6. The molecule has 112 valence electrons. The molecular weight excluding hydrogens is 306 g/mol. The van der Waals surface area contributed by atoms with E-state index in [4.69, 9.17) is 11.5 Å². The van der Waals surface area contributed by atoms with Gasteiger partial charge in [0.25, 0.3) is 0 Å². The number of carbonyl (C=O) groups is 1. The summed E-state index contributed by atoms with van der Waals surface area (Å²) in [6.45, 7) is 2.41. The summed E-state index contributed by atoms with van der Waals surface area (Å²) in [6.07, 6.45) is 0.836. The van der Waals surface area contributed by atoms with E-state index in [1.165, 1.54) is 22.7 Å². The second kappa shape index (κ2) is 7.28. The van der Waals surface area contributed by atoms with Gasteiger partial charge in [-0.15, -0.1) is 11.3 Å². The number of nitrogen functional groups attached to an aromatic ring is 2. The van der Waals surface area contributed by atoms with Gasteiger partial charge >= 0.3 is 0 Å². The molecule has 1 amide bonds. The van der Waals surface area contributed by atoms with E-state index in [-0.39, 0.29) is 11.2 Å². The number of thioether (sulfide) groups is 1. The quantitative estimate of drug-likeness (QED) is 0.550. The number of hydrogen-bond acceptors (Lipinski definition) is 7. The lowest BCUT2D eigenvalue weighted by Gasteiger charge is -2.11. The highest BCUT2D eigenvalue weighted by molar-refractivity contribution is 8.00. The van der Waals surface area contributed by atoms with Crippen molar-refractivity contribution in [3.63, 3.8) is 0 Å². The van der Waals surface area contributed by atoms with Crippen LogP contribution in [0.25, 0.3) is 0 Å². The summed E-state index contributed by atoms with van der Waals surface area (Å²) in [5, 5.41) is 5.02. The lowest BCUT2D eigenvalue weighted by atomic mass is 10.3. The van der Waals surface area contributed by atoms with E-state index in [2.05, 4.69) is 21.4 Å². The molecule has 8 heteroatoms. The Kier molecular flexibility index (Phi) is 5.40. The van der Waals surface area contributed by atoms with E-state index >= 15 is 0 Å². The van der Waals surface area contributed by atoms with Crippen molar-refractivity contribution in [2.45, 2.75) is 23.8 Å². The van der Waals surface area contributed by atoms with Crippen LogP contribution in [0.2, 0.25) is 0 Å². The Morgan fingerprint density at radius 1 is 1.43 bits per heavy atom. The van der Waals surface area contributed by atoms with E-state index in [1.807, 2.05) is 11.4 Å². The van der Waals surface area contributed by atoms with Crippen LogP contribution in [0.5, 0.6) is 0 Å². The fourth-order valence-electron chi connectivity index (χ4n) is 1.63. The van der Waals surface area contributed by atoms with Crippen LogP contribution in [-0.2, 0) is 11.2 Å². The number of carbonyl (C=O) groups excluding carboxylic acids is 1. The van der Waals surface area contributed by atoms with Gasteiger partial charge in [0, 0.05) is 17.5 Å². The van der Waals surface area contributed by atoms with Gasteiger partial charge in [-0.1, -0.05) is 17.8 Å². The van der Waals surface area contributed by atoms with Crippen molar-refractivity contribution in [2.75, 3.05) is 18.0 Å². The molecule has 21 heavy (non-hydrogen) atoms. The monoisotopic (exact) mass is 323 g/mol. The Bertz CT molecular complexity index is 582. The number of nitrogens with zero attached hydrogens (tertiary/aromatic N) is 2. The zero-order valence-corrected chi connectivity index (χ0v) is 13.2. The predicted octanol–water partition coefficient (Wildman–Crippen LogP) is 1.54. The third kappa shape index (κ3) is 4.91. The first-order chi connectivity index (χ1) is 10.0. The number of nitrogens with two attached hydrogens (primary N) is 2. The molecule has 0 fully saturated rings. The summed E-state index contributed by atoms with van der Waals surface area (Å²) in [4.78, 5) is 21.3. The van der Waals surface area contributed by atoms with E-state index in [1.54, 1.807) is 18.3 Å². The van der Waals surface area contributed by atoms with Crippen molar-refractivity contribution in [1.29, 1.82) is 0 Å². The number of aromatic nitrogens is 2. The Morgan fingerprint density at radius 3 is 2.76 bits per heavy atom. The molecule has 0 saturated heterocycles. The zero-order valence-electron chi connectivity index (χ0n) is 11.6. The molecule has 0 unspecified atom stereocenters. The van der Waals surface area contributed by atoms with Gasteiger partial charge in [0.2, 0.25) is 5.91 Å². The second-order valence-electron chi connectivity index (χ2n) is 4.38. The second-order valence-corrected chi connectivity index (χ2v) is 6.72. The minimum absolute atomic E-state index is 0.0545. The SMILES string of the molecule is C[C@@H](Sc1nc(N)cc(N)n1)C(=O)NCCc1cccs1. The summed E-state index contributed by atoms with van der Waals surface area (Å²) in [5.41, 5.74) is 11.2. The maximum absolute atomic E-state index is 12.0. The van der Waals surface area contributed by atoms with Crippen molar-refractivity contribution < 1.29 is 4.79 Å². The van der Waals surface area contributed by atoms with Crippen LogP contribution in [0.3, 0.4) is 0 Å². The van der Waals surface area contributed by atoms with Crippen LogP contribution in [0, 0.1) is 0 Å². The van der Waals surface area contributed by atoms with Crippen molar-refractivity contribution in [3.8, 4) is 0 Å². The number of anilines is 2. The Hall–Kier alpha value is -1.80. The Labute approximate surface area is 131 Å². The van der Waals surface area contributed by atoms with Gasteiger partial charge < -0.3 is 16.8 Å². The van der Waals surface area contributed by atoms with E-state index in [9.17, 15) is 4.79 Å². The molecule has 0 aliphatic carbocycles. The van der Waals surface area contributed by atoms with Gasteiger partial charge in [0.1, 0.15) is 11.6 Å². The highest BCUT2D eigenvalue weighted by Gasteiger charge is 2.16. The molecule has 2 aromatic rings. The van der Waals surface area contributed by atoms with E-state index < -0.39 is 0 Å². The third-order valence-corrected chi connectivity index (χ3v) is 4.54. The third-order valence-electron chi connectivity index (χ3n) is 2.65. The molecule has 0 saturated carbocycles. The smallest absolute Gasteiger partial charge is 0.233 e. The van der Waals surface area contributed by atoms with Crippen LogP contribution in [0.15, 0.2) is 28.7 Å². The fraction of sp³-hybridized carbons (Fsp3) is 0.308. The maximum Gasteiger partial charge on any atom is 0.233 e. The number of thiophene rings is 1. The summed E-state index contributed by atoms with van der Waals surface area (Å²) in [6, 6.07) is 5.54. The van der Waals surface area contributed by atoms with E-state index in [0.29, 0.717) is 23.3 Å². The van der Waals surface area contributed by atoms with Gasteiger partial charge in [-0.05, 0) is 24.8 Å². The minimum Gasteiger partial charge on any atom is -0.383 e. The van der Waals surface area contributed by atoms with Crippen LogP contribution >= 0.6 is 23.1 Å². The number of amides is 1. The van der Waals surface area contributed by atoms with Crippen LogP contribution in [0.4, 0.5) is 11.6 Å². The normalized spacial score (nSPS) is 12.0. The van der Waals surface area contributed by atoms with Crippen LogP contribution in [0.1, 0.15) is 11.8 Å². The average molecular weight is 323 g/mol. The molecule has 2 heterocycles. The summed E-state index contributed by atoms with van der Waals surface area (Å²) < 4.78 is 0. The first-order valence-electron chi connectivity index (χ1n) is 6.41. The number of hydrogen-bond donors (Lipinski definition) is 3. The number of nitrogens with one attached hydrogen (secondary N) is 1. The molecule has 2 rings (SSSR count). The van der Waals surface area contributed by atoms with Crippen molar-refractivity contribution >= 4 is 40.6 Å². The molecule has 0 bridgehead atoms. The van der Waals surface area contributed by atoms with Crippen LogP contribution in [-0.4, -0.2) is 27.7 Å². The maximum atomic E-state index is 12.0. The molecule has 1 atom stereocenters. The standard InChI is InChI=1S/C13H17N5OS2/c1-8(21-13-17-10(14)7-11(15)18-13)12(19)16-5-4-9-3-2-6-20-9/h2-3,6-8H,4-5H2,1H3,(H,16,19)(H4,14,15,17,18)/t8-/m1/s1. The van der Waals surface area contributed by atoms with Gasteiger partial charge in [0.05, 0.1) is 5.25 Å². The Balaban J connectivity index is 1.81. The molecule has 0 aromatic carbocycles. The molecule has 2 aromatic heterocycles. The molecule has 0 radical (unpaired) electrons. The highest BCUT2D eigenvalue weighted by atomic mass is 32.2. The molecule has 0 aliphatic rings. The van der Waals surface area contributed by atoms with Gasteiger partial charge in [-0.25, -0.2) is 9.97 Å². The summed E-state index contributed by atoms with van der Waals surface area (Å²) in [7, 11) is 0. The molecule has 6 nitrogen and oxygen atoms in total. The fourth-order valence-corrected chi connectivity index (χ4v) is 3.17. The highest BCUT2D eigenvalue weighted by Crippen LogP contribution is 2.21. The Morgan fingerprint density at radius 2 is 2.14 bits per heavy atom.